The van der Waals surface area contributed by atoms with E-state index in [0.717, 1.165) is 81.8 Å². The van der Waals surface area contributed by atoms with Crippen LogP contribution in [-0.4, -0.2) is 23.2 Å². The van der Waals surface area contributed by atoms with E-state index in [1.165, 1.54) is 17.5 Å². The molecule has 56 heavy (non-hydrogen) atoms. The highest BCUT2D eigenvalue weighted by atomic mass is 16.2. The van der Waals surface area contributed by atoms with E-state index < -0.39 is 0 Å². The third-order valence-corrected chi connectivity index (χ3v) is 11.8. The Morgan fingerprint density at radius 1 is 0.500 bits per heavy atom. The quantitative estimate of drug-likeness (QED) is 0.156. The van der Waals surface area contributed by atoms with Crippen LogP contribution < -0.4 is 9.80 Å². The summed E-state index contributed by atoms with van der Waals surface area (Å²) in [7, 11) is 0. The molecule has 6 nitrogen and oxygen atoms in total. The maximum atomic E-state index is 13.9. The summed E-state index contributed by atoms with van der Waals surface area (Å²) in [4.78, 5) is 41.7. The van der Waals surface area contributed by atoms with Gasteiger partial charge in [0.05, 0.1) is 35.8 Å². The molecule has 6 aromatic rings. The topological polar surface area (TPSA) is 65.3 Å². The lowest BCUT2D eigenvalue weighted by atomic mass is 9.65. The first-order chi connectivity index (χ1) is 27.4. The zero-order valence-electron chi connectivity index (χ0n) is 31.9. The number of hydrogen-bond donors (Lipinski definition) is 0. The van der Waals surface area contributed by atoms with Gasteiger partial charge in [-0.3, -0.25) is 9.59 Å². The molecule has 2 aliphatic heterocycles. The number of anilines is 2. The molecule has 0 aromatic heterocycles. The molecule has 2 heterocycles. The highest BCUT2D eigenvalue weighted by Crippen LogP contribution is 2.47. The van der Waals surface area contributed by atoms with Gasteiger partial charge in [-0.2, -0.15) is 0 Å². The lowest BCUT2D eigenvalue weighted by Crippen LogP contribution is -2.30. The molecule has 1 saturated carbocycles. The van der Waals surface area contributed by atoms with Gasteiger partial charge in [-0.1, -0.05) is 141 Å². The predicted molar refractivity (Wildman–Crippen MR) is 227 cm³/mol. The summed E-state index contributed by atoms with van der Waals surface area (Å²) in [6, 6.07) is 49.3. The van der Waals surface area contributed by atoms with Crippen molar-refractivity contribution in [3.05, 3.63) is 190 Å². The standard InChI is InChI=1S/C50H44N4O2/c1-34-30-38(24-26-42(34)51-46-40-20-10-12-22-44(40)53(48(46)55)32-36-16-6-3-7-17-36)50(28-14-5-15-29-50)39-25-27-43(35(2)31-39)52-47-41-21-11-13-23-45(41)54(49(47)56)33-37-18-8-4-9-19-37/h3-4,6-13,16-27,30-31H,5,14-15,28-29,32-33H2,1-2H3. The van der Waals surface area contributed by atoms with E-state index in [1.807, 2.05) is 119 Å². The van der Waals surface area contributed by atoms with Crippen LogP contribution in [0.3, 0.4) is 0 Å². The van der Waals surface area contributed by atoms with E-state index >= 15 is 0 Å². The predicted octanol–water partition coefficient (Wildman–Crippen LogP) is 10.9. The van der Waals surface area contributed by atoms with Gasteiger partial charge >= 0.3 is 0 Å². The summed E-state index contributed by atoms with van der Waals surface area (Å²) < 4.78 is 0. The van der Waals surface area contributed by atoms with Crippen LogP contribution in [-0.2, 0) is 28.1 Å². The fraction of sp³-hybridized carbons (Fsp3) is 0.200. The van der Waals surface area contributed by atoms with E-state index in [2.05, 4.69) is 50.2 Å². The number of carbonyl (C=O) groups excluding carboxylic acids is 2. The molecule has 3 aliphatic rings. The Morgan fingerprint density at radius 3 is 1.34 bits per heavy atom. The van der Waals surface area contributed by atoms with Crippen molar-refractivity contribution in [2.24, 2.45) is 9.98 Å². The fourth-order valence-corrected chi connectivity index (χ4v) is 8.88. The van der Waals surface area contributed by atoms with Gasteiger partial charge in [-0.05, 0) is 84.3 Å². The molecule has 0 saturated heterocycles. The minimum Gasteiger partial charge on any atom is -0.302 e. The Balaban J connectivity index is 1.03. The van der Waals surface area contributed by atoms with Crippen molar-refractivity contribution >= 4 is 46.0 Å². The number of benzene rings is 6. The highest BCUT2D eigenvalue weighted by molar-refractivity contribution is 6.55. The first-order valence-electron chi connectivity index (χ1n) is 19.7. The number of rotatable bonds is 8. The first kappa shape index (κ1) is 35.3. The monoisotopic (exact) mass is 732 g/mol. The lowest BCUT2D eigenvalue weighted by molar-refractivity contribution is -0.113. The summed E-state index contributed by atoms with van der Waals surface area (Å²) in [6.45, 7) is 5.21. The van der Waals surface area contributed by atoms with Gasteiger partial charge in [-0.15, -0.1) is 0 Å². The van der Waals surface area contributed by atoms with Crippen molar-refractivity contribution in [2.75, 3.05) is 9.80 Å². The second kappa shape index (κ2) is 14.7. The third-order valence-electron chi connectivity index (χ3n) is 11.8. The maximum Gasteiger partial charge on any atom is 0.277 e. The average Bonchev–Trinajstić information content (AvgIpc) is 3.65. The first-order valence-corrected chi connectivity index (χ1v) is 19.7. The van der Waals surface area contributed by atoms with Gasteiger partial charge in [0, 0.05) is 16.5 Å². The Hall–Kier alpha value is -6.40. The molecule has 0 atom stereocenters. The smallest absolute Gasteiger partial charge is 0.277 e. The summed E-state index contributed by atoms with van der Waals surface area (Å²) in [5, 5.41) is 0. The molecular weight excluding hydrogens is 689 g/mol. The maximum absolute atomic E-state index is 13.9. The van der Waals surface area contributed by atoms with Gasteiger partial charge in [0.2, 0.25) is 0 Å². The minimum atomic E-state index is -0.157. The van der Waals surface area contributed by atoms with Crippen molar-refractivity contribution in [3.8, 4) is 0 Å². The van der Waals surface area contributed by atoms with Crippen LogP contribution in [0.25, 0.3) is 0 Å². The molecule has 0 radical (unpaired) electrons. The number of para-hydroxylation sites is 2. The van der Waals surface area contributed by atoms with Crippen LogP contribution in [0.2, 0.25) is 0 Å². The van der Waals surface area contributed by atoms with Crippen molar-refractivity contribution in [1.82, 2.24) is 0 Å². The van der Waals surface area contributed by atoms with Crippen LogP contribution in [0.1, 0.15) is 76.6 Å². The van der Waals surface area contributed by atoms with Gasteiger partial charge < -0.3 is 9.80 Å². The largest absolute Gasteiger partial charge is 0.302 e. The van der Waals surface area contributed by atoms with Gasteiger partial charge in [0.1, 0.15) is 11.4 Å². The van der Waals surface area contributed by atoms with Gasteiger partial charge in [0.15, 0.2) is 0 Å². The van der Waals surface area contributed by atoms with Crippen LogP contribution in [0.4, 0.5) is 22.7 Å². The number of carbonyl (C=O) groups is 2. The van der Waals surface area contributed by atoms with Crippen LogP contribution >= 0.6 is 0 Å². The Labute approximate surface area is 328 Å². The molecule has 0 N–H and O–H groups in total. The molecule has 1 fully saturated rings. The summed E-state index contributed by atoms with van der Waals surface area (Å²) in [5.41, 5.74) is 12.8. The van der Waals surface area contributed by atoms with Crippen LogP contribution in [0.15, 0.2) is 156 Å². The number of aliphatic imine (C=N–C) groups is 2. The number of nitrogens with zero attached hydrogens (tertiary/aromatic N) is 4. The highest BCUT2D eigenvalue weighted by Gasteiger charge is 2.38. The van der Waals surface area contributed by atoms with Crippen molar-refractivity contribution in [1.29, 1.82) is 0 Å². The molecular formula is C50H44N4O2. The normalized spacial score (nSPS) is 17.5. The molecule has 0 unspecified atom stereocenters. The van der Waals surface area contributed by atoms with E-state index in [-0.39, 0.29) is 17.2 Å². The number of amides is 2. The molecule has 6 aromatic carbocycles. The Kier molecular flexibility index (Phi) is 9.26. The van der Waals surface area contributed by atoms with Crippen molar-refractivity contribution in [2.45, 2.75) is 64.5 Å². The zero-order chi connectivity index (χ0) is 38.2. The molecule has 6 heteroatoms. The van der Waals surface area contributed by atoms with Crippen LogP contribution in [0.5, 0.6) is 0 Å². The van der Waals surface area contributed by atoms with E-state index in [0.29, 0.717) is 24.5 Å². The van der Waals surface area contributed by atoms with Gasteiger partial charge in [-0.25, -0.2) is 9.98 Å². The van der Waals surface area contributed by atoms with E-state index in [1.54, 1.807) is 0 Å². The minimum absolute atomic E-state index is 0.0758. The number of fused-ring (bicyclic) bond motifs is 2. The molecule has 2 amide bonds. The van der Waals surface area contributed by atoms with Crippen LogP contribution in [0, 0.1) is 13.8 Å². The number of aryl methyl sites for hydroxylation is 2. The number of hydrogen-bond acceptors (Lipinski definition) is 4. The van der Waals surface area contributed by atoms with Gasteiger partial charge in [0.25, 0.3) is 11.8 Å². The molecule has 0 bridgehead atoms. The second-order valence-electron chi connectivity index (χ2n) is 15.4. The molecule has 1 aliphatic carbocycles. The lowest BCUT2D eigenvalue weighted by Gasteiger charge is -2.39. The second-order valence-corrected chi connectivity index (χ2v) is 15.4. The zero-order valence-corrected chi connectivity index (χ0v) is 31.9. The Morgan fingerprint density at radius 2 is 0.911 bits per heavy atom. The molecule has 0 spiro atoms. The molecule has 276 valence electrons. The third kappa shape index (κ3) is 6.35. The Bertz CT molecular complexity index is 2360. The summed E-state index contributed by atoms with van der Waals surface area (Å²) >= 11 is 0. The summed E-state index contributed by atoms with van der Waals surface area (Å²) in [5.74, 6) is -0.152. The average molecular weight is 733 g/mol. The van der Waals surface area contributed by atoms with E-state index in [9.17, 15) is 9.59 Å². The fourth-order valence-electron chi connectivity index (χ4n) is 8.88. The van der Waals surface area contributed by atoms with Crippen molar-refractivity contribution < 1.29 is 9.59 Å². The molecule has 9 rings (SSSR count). The van der Waals surface area contributed by atoms with E-state index in [4.69, 9.17) is 9.98 Å². The SMILES string of the molecule is Cc1cc(C2(c3ccc(N=C4C(=O)N(Cc5ccccc5)c5ccccc54)c(C)c3)CCCCC2)ccc1N=C1C(=O)N(Cc2ccccc2)c2ccccc21. The van der Waals surface area contributed by atoms with Crippen molar-refractivity contribution in [3.63, 3.8) is 0 Å². The summed E-state index contributed by atoms with van der Waals surface area (Å²) in [6.07, 6.45) is 5.62.